The third kappa shape index (κ3) is 3.09. The number of hydrogen-bond donors (Lipinski definition) is 0. The summed E-state index contributed by atoms with van der Waals surface area (Å²) in [4.78, 5) is 27.3. The van der Waals surface area contributed by atoms with Crippen LogP contribution < -0.4 is 0 Å². The molecule has 0 bridgehead atoms. The molecule has 0 N–H and O–H groups in total. The smallest absolute Gasteiger partial charge is 0.378 e. The van der Waals surface area contributed by atoms with Crippen LogP contribution in [0.4, 0.5) is 0 Å². The molecule has 20 heavy (non-hydrogen) atoms. The van der Waals surface area contributed by atoms with Gasteiger partial charge in [0, 0.05) is 13.3 Å². The molecule has 0 saturated heterocycles. The average Bonchev–Trinajstić information content (AvgIpc) is 2.84. The van der Waals surface area contributed by atoms with Crippen molar-refractivity contribution >= 4 is 11.9 Å². The summed E-state index contributed by atoms with van der Waals surface area (Å²) in [5.74, 6) is -0.583. The first-order chi connectivity index (χ1) is 9.61. The largest absolute Gasteiger partial charge is 0.460 e. The Balaban J connectivity index is 2.31. The van der Waals surface area contributed by atoms with Crippen molar-refractivity contribution in [1.82, 2.24) is 14.8 Å². The summed E-state index contributed by atoms with van der Waals surface area (Å²) in [6, 6.07) is 9.54. The lowest BCUT2D eigenvalue weighted by molar-refractivity contribution is 0.0512. The summed E-state index contributed by atoms with van der Waals surface area (Å²) in [6.45, 7) is 3.31. The summed E-state index contributed by atoms with van der Waals surface area (Å²) in [7, 11) is 0. The summed E-state index contributed by atoms with van der Waals surface area (Å²) in [5, 5.41) is 3.91. The van der Waals surface area contributed by atoms with Gasteiger partial charge in [-0.15, -0.1) is 5.10 Å². The van der Waals surface area contributed by atoms with Gasteiger partial charge in [-0.3, -0.25) is 4.79 Å². The molecule has 0 amide bonds. The predicted octanol–water partition coefficient (Wildman–Crippen LogP) is 1.71. The number of hydrogen-bond acceptors (Lipinski definition) is 5. The van der Waals surface area contributed by atoms with Gasteiger partial charge in [-0.2, -0.15) is 4.68 Å². The standard InChI is InChI=1S/C14H15N3O3/c1-3-20-14(19)13-15-12(17(16-13)10(2)18)9-11-7-5-4-6-8-11/h4-8H,3,9H2,1-2H3. The van der Waals surface area contributed by atoms with Crippen LogP contribution in [0, 0.1) is 0 Å². The van der Waals surface area contributed by atoms with Crippen LogP contribution in [-0.4, -0.2) is 33.2 Å². The SMILES string of the molecule is CCOC(=O)c1nc(Cc2ccccc2)n(C(C)=O)n1. The molecule has 0 aliphatic heterocycles. The zero-order valence-corrected chi connectivity index (χ0v) is 11.4. The van der Waals surface area contributed by atoms with E-state index in [1.807, 2.05) is 30.3 Å². The Hall–Kier alpha value is -2.50. The Morgan fingerprint density at radius 2 is 1.95 bits per heavy atom. The minimum atomic E-state index is -0.623. The van der Waals surface area contributed by atoms with E-state index >= 15 is 0 Å². The Kier molecular flexibility index (Phi) is 4.24. The molecule has 6 nitrogen and oxygen atoms in total. The van der Waals surface area contributed by atoms with Gasteiger partial charge in [0.05, 0.1) is 6.61 Å². The number of rotatable bonds is 4. The van der Waals surface area contributed by atoms with E-state index in [4.69, 9.17) is 4.74 Å². The molecular formula is C14H15N3O3. The summed E-state index contributed by atoms with van der Waals surface area (Å²) in [6.07, 6.45) is 0.423. The Bertz CT molecular complexity index is 620. The molecule has 0 spiro atoms. The van der Waals surface area contributed by atoms with E-state index in [0.29, 0.717) is 12.2 Å². The second kappa shape index (κ2) is 6.10. The van der Waals surface area contributed by atoms with Gasteiger partial charge in [0.2, 0.25) is 5.91 Å². The molecular weight excluding hydrogens is 258 g/mol. The van der Waals surface area contributed by atoms with Gasteiger partial charge < -0.3 is 4.74 Å². The number of carbonyl (C=O) groups excluding carboxylic acids is 2. The van der Waals surface area contributed by atoms with Gasteiger partial charge in [0.25, 0.3) is 5.82 Å². The van der Waals surface area contributed by atoms with E-state index in [9.17, 15) is 9.59 Å². The summed E-state index contributed by atoms with van der Waals surface area (Å²) >= 11 is 0. The monoisotopic (exact) mass is 273 g/mol. The Morgan fingerprint density at radius 3 is 2.55 bits per heavy atom. The maximum atomic E-state index is 11.6. The zero-order chi connectivity index (χ0) is 14.5. The normalized spacial score (nSPS) is 10.3. The summed E-state index contributed by atoms with van der Waals surface area (Å²) < 4.78 is 5.98. The zero-order valence-electron chi connectivity index (χ0n) is 11.4. The lowest BCUT2D eigenvalue weighted by Gasteiger charge is -2.01. The predicted molar refractivity (Wildman–Crippen MR) is 71.5 cm³/mol. The molecule has 104 valence electrons. The fourth-order valence-corrected chi connectivity index (χ4v) is 1.77. The second-order valence-electron chi connectivity index (χ2n) is 4.17. The van der Waals surface area contributed by atoms with Crippen molar-refractivity contribution in [2.45, 2.75) is 20.3 Å². The number of nitrogens with zero attached hydrogens (tertiary/aromatic N) is 3. The van der Waals surface area contributed by atoms with Crippen LogP contribution in [0.1, 0.15) is 40.6 Å². The number of carbonyl (C=O) groups is 2. The summed E-state index contributed by atoms with van der Waals surface area (Å²) in [5.41, 5.74) is 0.984. The molecule has 0 radical (unpaired) electrons. The van der Waals surface area contributed by atoms with Gasteiger partial charge in [0.15, 0.2) is 0 Å². The molecule has 2 rings (SSSR count). The highest BCUT2D eigenvalue weighted by Crippen LogP contribution is 2.09. The fraction of sp³-hybridized carbons (Fsp3) is 0.286. The van der Waals surface area contributed by atoms with Crippen molar-refractivity contribution < 1.29 is 14.3 Å². The number of ether oxygens (including phenoxy) is 1. The van der Waals surface area contributed by atoms with Crippen LogP contribution in [-0.2, 0) is 11.2 Å². The minimum absolute atomic E-state index is 0.0898. The maximum absolute atomic E-state index is 11.6. The molecule has 1 heterocycles. The van der Waals surface area contributed by atoms with E-state index < -0.39 is 5.97 Å². The molecule has 1 aromatic carbocycles. The topological polar surface area (TPSA) is 74.1 Å². The van der Waals surface area contributed by atoms with Crippen molar-refractivity contribution in [1.29, 1.82) is 0 Å². The van der Waals surface area contributed by atoms with Gasteiger partial charge >= 0.3 is 5.97 Å². The van der Waals surface area contributed by atoms with Crippen LogP contribution in [0.2, 0.25) is 0 Å². The third-order valence-corrected chi connectivity index (χ3v) is 2.64. The molecule has 6 heteroatoms. The van der Waals surface area contributed by atoms with Crippen LogP contribution in [0.3, 0.4) is 0 Å². The molecule has 0 unspecified atom stereocenters. The molecule has 0 saturated carbocycles. The first-order valence-corrected chi connectivity index (χ1v) is 6.29. The first kappa shape index (κ1) is 13.9. The number of benzene rings is 1. The van der Waals surface area contributed by atoms with E-state index in [2.05, 4.69) is 10.1 Å². The van der Waals surface area contributed by atoms with Crippen molar-refractivity contribution in [3.05, 3.63) is 47.5 Å². The highest BCUT2D eigenvalue weighted by atomic mass is 16.5. The van der Waals surface area contributed by atoms with E-state index in [1.165, 1.54) is 6.92 Å². The Labute approximate surface area is 116 Å². The third-order valence-electron chi connectivity index (χ3n) is 2.64. The molecule has 0 atom stereocenters. The quantitative estimate of drug-likeness (QED) is 0.793. The van der Waals surface area contributed by atoms with Crippen molar-refractivity contribution in [3.8, 4) is 0 Å². The van der Waals surface area contributed by atoms with Crippen molar-refractivity contribution in [2.75, 3.05) is 6.61 Å². The van der Waals surface area contributed by atoms with Gasteiger partial charge in [0.1, 0.15) is 5.82 Å². The van der Waals surface area contributed by atoms with Crippen LogP contribution in [0.25, 0.3) is 0 Å². The molecule has 0 aliphatic rings. The van der Waals surface area contributed by atoms with E-state index in [0.717, 1.165) is 10.2 Å². The van der Waals surface area contributed by atoms with Gasteiger partial charge in [-0.1, -0.05) is 30.3 Å². The van der Waals surface area contributed by atoms with Crippen molar-refractivity contribution in [3.63, 3.8) is 0 Å². The van der Waals surface area contributed by atoms with E-state index in [-0.39, 0.29) is 18.3 Å². The van der Waals surface area contributed by atoms with Crippen LogP contribution in [0.15, 0.2) is 30.3 Å². The minimum Gasteiger partial charge on any atom is -0.460 e. The maximum Gasteiger partial charge on any atom is 0.378 e. The molecule has 0 aliphatic carbocycles. The van der Waals surface area contributed by atoms with Gasteiger partial charge in [-0.25, -0.2) is 9.78 Å². The second-order valence-corrected chi connectivity index (χ2v) is 4.17. The lowest BCUT2D eigenvalue weighted by atomic mass is 10.1. The molecule has 1 aromatic heterocycles. The van der Waals surface area contributed by atoms with Crippen LogP contribution in [0.5, 0.6) is 0 Å². The van der Waals surface area contributed by atoms with Crippen LogP contribution >= 0.6 is 0 Å². The van der Waals surface area contributed by atoms with Gasteiger partial charge in [-0.05, 0) is 12.5 Å². The lowest BCUT2D eigenvalue weighted by Crippen LogP contribution is -2.13. The highest BCUT2D eigenvalue weighted by molar-refractivity contribution is 5.86. The van der Waals surface area contributed by atoms with Crippen molar-refractivity contribution in [2.24, 2.45) is 0 Å². The fourth-order valence-electron chi connectivity index (χ4n) is 1.77. The Morgan fingerprint density at radius 1 is 1.25 bits per heavy atom. The molecule has 0 fully saturated rings. The highest BCUT2D eigenvalue weighted by Gasteiger charge is 2.19. The first-order valence-electron chi connectivity index (χ1n) is 6.29. The number of aromatic nitrogens is 3. The van der Waals surface area contributed by atoms with E-state index in [1.54, 1.807) is 6.92 Å². The number of esters is 1. The molecule has 2 aromatic rings. The average molecular weight is 273 g/mol.